The molecule has 0 saturated carbocycles. The molecule has 2 N–H and O–H groups in total. The quantitative estimate of drug-likeness (QED) is 0.468. The van der Waals surface area contributed by atoms with Crippen LogP contribution in [0.25, 0.3) is 0 Å². The largest absolute Gasteiger partial charge is 0.480 e. The summed E-state index contributed by atoms with van der Waals surface area (Å²) >= 11 is 0. The van der Waals surface area contributed by atoms with E-state index < -0.39 is 17.4 Å². The van der Waals surface area contributed by atoms with Gasteiger partial charge in [-0.3, -0.25) is 9.59 Å². The van der Waals surface area contributed by atoms with Crippen molar-refractivity contribution >= 4 is 11.9 Å². The fourth-order valence-electron chi connectivity index (χ4n) is 1.66. The lowest BCUT2D eigenvalue weighted by Gasteiger charge is -2.21. The van der Waals surface area contributed by atoms with Gasteiger partial charge >= 0.3 is 11.9 Å². The minimum Gasteiger partial charge on any atom is -0.480 e. The van der Waals surface area contributed by atoms with E-state index in [1.165, 1.54) is 0 Å². The molecule has 0 amide bonds. The molecule has 0 spiro atoms. The van der Waals surface area contributed by atoms with Gasteiger partial charge in [-0.15, -0.1) is 0 Å². The number of hydrogen-bond acceptors (Lipinski definition) is 2. The van der Waals surface area contributed by atoms with Crippen LogP contribution in [0.15, 0.2) is 24.3 Å². The van der Waals surface area contributed by atoms with Crippen molar-refractivity contribution in [3.05, 3.63) is 24.3 Å². The van der Waals surface area contributed by atoms with Gasteiger partial charge in [0, 0.05) is 0 Å². The molecule has 4 nitrogen and oxygen atoms in total. The van der Waals surface area contributed by atoms with Gasteiger partial charge in [0.05, 0.1) is 0 Å². The van der Waals surface area contributed by atoms with Crippen molar-refractivity contribution in [3.63, 3.8) is 0 Å². The first-order chi connectivity index (χ1) is 9.01. The molecule has 4 heteroatoms. The molecule has 0 heterocycles. The van der Waals surface area contributed by atoms with Crippen LogP contribution >= 0.6 is 0 Å². The first-order valence-electron chi connectivity index (χ1n) is 6.78. The molecule has 0 radical (unpaired) electrons. The number of carbonyl (C=O) groups is 2. The Morgan fingerprint density at radius 1 is 0.842 bits per heavy atom. The summed E-state index contributed by atoms with van der Waals surface area (Å²) in [7, 11) is 0. The monoisotopic (exact) mass is 268 g/mol. The third-order valence-corrected chi connectivity index (χ3v) is 3.00. The highest BCUT2D eigenvalue weighted by Gasteiger charge is 2.44. The normalized spacial score (nSPS) is 12.3. The zero-order chi connectivity index (χ0) is 14.7. The average molecular weight is 268 g/mol. The SMILES string of the molecule is CCC/C=C/CC(C/C=C/CCC)(C(=O)O)C(=O)O. The third kappa shape index (κ3) is 5.73. The molecule has 0 atom stereocenters. The first-order valence-corrected chi connectivity index (χ1v) is 6.78. The van der Waals surface area contributed by atoms with E-state index in [0.29, 0.717) is 0 Å². The highest BCUT2D eigenvalue weighted by atomic mass is 16.4. The molecule has 19 heavy (non-hydrogen) atoms. The molecule has 108 valence electrons. The van der Waals surface area contributed by atoms with E-state index in [9.17, 15) is 19.8 Å². The van der Waals surface area contributed by atoms with Crippen molar-refractivity contribution in [1.82, 2.24) is 0 Å². The van der Waals surface area contributed by atoms with Crippen LogP contribution in [0.5, 0.6) is 0 Å². The Balaban J connectivity index is 4.88. The van der Waals surface area contributed by atoms with Gasteiger partial charge in [0.2, 0.25) is 0 Å². The predicted molar refractivity (Wildman–Crippen MR) is 75.0 cm³/mol. The number of rotatable bonds is 10. The Morgan fingerprint density at radius 2 is 1.21 bits per heavy atom. The van der Waals surface area contributed by atoms with Gasteiger partial charge in [-0.2, -0.15) is 0 Å². The van der Waals surface area contributed by atoms with Crippen LogP contribution in [0.1, 0.15) is 52.4 Å². The fraction of sp³-hybridized carbons (Fsp3) is 0.600. The van der Waals surface area contributed by atoms with Crippen molar-refractivity contribution in [2.75, 3.05) is 0 Å². The van der Waals surface area contributed by atoms with Crippen LogP contribution in [0, 0.1) is 5.41 Å². The molecule has 0 aromatic heterocycles. The summed E-state index contributed by atoms with van der Waals surface area (Å²) < 4.78 is 0. The zero-order valence-corrected chi connectivity index (χ0v) is 11.8. The van der Waals surface area contributed by atoms with Gasteiger partial charge in [-0.05, 0) is 25.7 Å². The van der Waals surface area contributed by atoms with Crippen molar-refractivity contribution in [1.29, 1.82) is 0 Å². The molecule has 0 aliphatic heterocycles. The van der Waals surface area contributed by atoms with E-state index in [4.69, 9.17) is 0 Å². The molecule has 0 fully saturated rings. The van der Waals surface area contributed by atoms with Gasteiger partial charge in [0.1, 0.15) is 0 Å². The van der Waals surface area contributed by atoms with E-state index in [-0.39, 0.29) is 12.8 Å². The minimum absolute atomic E-state index is 0.0220. The van der Waals surface area contributed by atoms with Gasteiger partial charge in [-0.25, -0.2) is 0 Å². The Hall–Kier alpha value is -1.58. The second kappa shape index (κ2) is 9.36. The van der Waals surface area contributed by atoms with Crippen molar-refractivity contribution in [3.8, 4) is 0 Å². The van der Waals surface area contributed by atoms with Crippen molar-refractivity contribution < 1.29 is 19.8 Å². The summed E-state index contributed by atoms with van der Waals surface area (Å²) in [6.07, 6.45) is 10.6. The molecule has 0 aliphatic carbocycles. The van der Waals surface area contributed by atoms with Gasteiger partial charge < -0.3 is 10.2 Å². The second-order valence-corrected chi connectivity index (χ2v) is 4.62. The van der Waals surface area contributed by atoms with Gasteiger partial charge in [-0.1, -0.05) is 51.0 Å². The number of aliphatic carboxylic acids is 2. The number of allylic oxidation sites excluding steroid dienone is 4. The lowest BCUT2D eigenvalue weighted by atomic mass is 9.80. The van der Waals surface area contributed by atoms with Crippen molar-refractivity contribution in [2.24, 2.45) is 5.41 Å². The molecular weight excluding hydrogens is 244 g/mol. The molecular formula is C15H24O4. The maximum Gasteiger partial charge on any atom is 0.321 e. The summed E-state index contributed by atoms with van der Waals surface area (Å²) in [6.45, 7) is 4.03. The van der Waals surface area contributed by atoms with Gasteiger partial charge in [0.25, 0.3) is 0 Å². The molecule has 0 aliphatic rings. The van der Waals surface area contributed by atoms with Gasteiger partial charge in [0.15, 0.2) is 5.41 Å². The van der Waals surface area contributed by atoms with E-state index in [0.717, 1.165) is 25.7 Å². The van der Waals surface area contributed by atoms with E-state index in [2.05, 4.69) is 0 Å². The summed E-state index contributed by atoms with van der Waals surface area (Å²) in [6, 6.07) is 0. The fourth-order valence-corrected chi connectivity index (χ4v) is 1.66. The smallest absolute Gasteiger partial charge is 0.321 e. The molecule has 0 rings (SSSR count). The highest BCUT2D eigenvalue weighted by Crippen LogP contribution is 2.29. The lowest BCUT2D eigenvalue weighted by molar-refractivity contribution is -0.164. The third-order valence-electron chi connectivity index (χ3n) is 3.00. The number of carboxylic acids is 2. The average Bonchev–Trinajstić information content (AvgIpc) is 2.36. The van der Waals surface area contributed by atoms with Crippen LogP contribution in [0.3, 0.4) is 0 Å². The topological polar surface area (TPSA) is 74.6 Å². The highest BCUT2D eigenvalue weighted by molar-refractivity contribution is 5.98. The Kier molecular flexibility index (Phi) is 8.58. The second-order valence-electron chi connectivity index (χ2n) is 4.62. The number of carboxylic acid groups (broad SMARTS) is 2. The summed E-state index contributed by atoms with van der Waals surface area (Å²) in [4.78, 5) is 22.7. The molecule has 0 aromatic rings. The van der Waals surface area contributed by atoms with Crippen LogP contribution in [-0.4, -0.2) is 22.2 Å². The van der Waals surface area contributed by atoms with E-state index >= 15 is 0 Å². The molecule has 0 aromatic carbocycles. The summed E-state index contributed by atoms with van der Waals surface area (Å²) in [5.74, 6) is -2.55. The predicted octanol–water partition coefficient (Wildman–Crippen LogP) is 3.63. The number of unbranched alkanes of at least 4 members (excludes halogenated alkanes) is 2. The molecule has 0 unspecified atom stereocenters. The van der Waals surface area contributed by atoms with Crippen LogP contribution in [-0.2, 0) is 9.59 Å². The van der Waals surface area contributed by atoms with E-state index in [1.54, 1.807) is 12.2 Å². The minimum atomic E-state index is -1.74. The first kappa shape index (κ1) is 17.4. The van der Waals surface area contributed by atoms with Crippen LogP contribution < -0.4 is 0 Å². The maximum absolute atomic E-state index is 11.3. The number of hydrogen-bond donors (Lipinski definition) is 2. The summed E-state index contributed by atoms with van der Waals surface area (Å²) in [5, 5.41) is 18.5. The molecule has 0 bridgehead atoms. The summed E-state index contributed by atoms with van der Waals surface area (Å²) in [5.41, 5.74) is -1.74. The lowest BCUT2D eigenvalue weighted by Crippen LogP contribution is -2.38. The van der Waals surface area contributed by atoms with Crippen LogP contribution in [0.4, 0.5) is 0 Å². The Bertz CT molecular complexity index is 308. The van der Waals surface area contributed by atoms with Crippen LogP contribution in [0.2, 0.25) is 0 Å². The van der Waals surface area contributed by atoms with Crippen molar-refractivity contribution in [2.45, 2.75) is 52.4 Å². The zero-order valence-electron chi connectivity index (χ0n) is 11.8. The maximum atomic E-state index is 11.3. The standard InChI is InChI=1S/C15H24O4/c1-3-5-7-9-11-15(13(16)17,14(18)19)12-10-8-6-4-2/h7-10H,3-6,11-12H2,1-2H3,(H,16,17)(H,18,19)/b9-7+,10-8+. The van der Waals surface area contributed by atoms with E-state index in [1.807, 2.05) is 26.0 Å². The Morgan fingerprint density at radius 3 is 1.47 bits per heavy atom. The Labute approximate surface area is 114 Å². The molecule has 0 saturated heterocycles.